The fourth-order valence-electron chi connectivity index (χ4n) is 3.86. The molecule has 1 saturated heterocycles. The van der Waals surface area contributed by atoms with Crippen LogP contribution < -0.4 is 10.2 Å². The Morgan fingerprint density at radius 1 is 1.17 bits per heavy atom. The van der Waals surface area contributed by atoms with E-state index < -0.39 is 0 Å². The van der Waals surface area contributed by atoms with E-state index in [1.165, 1.54) is 35.3 Å². The van der Waals surface area contributed by atoms with E-state index in [1.54, 1.807) is 0 Å². The minimum absolute atomic E-state index is 0.105. The van der Waals surface area contributed by atoms with Crippen LogP contribution in [0.25, 0.3) is 0 Å². The van der Waals surface area contributed by atoms with Crippen molar-refractivity contribution in [3.8, 4) is 0 Å². The number of amides is 1. The van der Waals surface area contributed by atoms with Gasteiger partial charge in [-0.15, -0.1) is 0 Å². The third kappa shape index (κ3) is 4.81. The SMILES string of the molecule is Cc1ccc([C@H](C[NH+]2CCOCC2)NC(=O)C2CCCCC2)cc1. The summed E-state index contributed by atoms with van der Waals surface area (Å²) >= 11 is 0. The molecule has 1 aromatic rings. The van der Waals surface area contributed by atoms with Crippen LogP contribution in [0.1, 0.15) is 49.3 Å². The molecule has 0 radical (unpaired) electrons. The fraction of sp³-hybridized carbons (Fsp3) is 0.650. The third-order valence-corrected chi connectivity index (χ3v) is 5.46. The summed E-state index contributed by atoms with van der Waals surface area (Å²) in [5.41, 5.74) is 2.48. The highest BCUT2D eigenvalue weighted by Crippen LogP contribution is 2.24. The Morgan fingerprint density at radius 3 is 2.50 bits per heavy atom. The Hall–Kier alpha value is -1.39. The van der Waals surface area contributed by atoms with Crippen LogP contribution in [-0.4, -0.2) is 38.8 Å². The van der Waals surface area contributed by atoms with Gasteiger partial charge in [0.05, 0.1) is 13.2 Å². The second-order valence-corrected chi connectivity index (χ2v) is 7.37. The Kier molecular flexibility index (Phi) is 6.27. The lowest BCUT2D eigenvalue weighted by Crippen LogP contribution is -3.14. The molecule has 1 heterocycles. The molecule has 0 unspecified atom stereocenters. The second-order valence-electron chi connectivity index (χ2n) is 7.37. The van der Waals surface area contributed by atoms with Crippen molar-refractivity contribution in [1.29, 1.82) is 0 Å². The summed E-state index contributed by atoms with van der Waals surface area (Å²) in [6, 6.07) is 8.73. The molecule has 4 heteroatoms. The van der Waals surface area contributed by atoms with Crippen LogP contribution in [0.4, 0.5) is 0 Å². The maximum absolute atomic E-state index is 12.7. The fourth-order valence-corrected chi connectivity index (χ4v) is 3.86. The molecule has 1 aliphatic heterocycles. The van der Waals surface area contributed by atoms with Gasteiger partial charge in [0.1, 0.15) is 25.7 Å². The number of carbonyl (C=O) groups excluding carboxylic acids is 1. The zero-order chi connectivity index (χ0) is 16.8. The van der Waals surface area contributed by atoms with Crippen molar-refractivity contribution in [2.24, 2.45) is 5.92 Å². The minimum Gasteiger partial charge on any atom is -0.370 e. The van der Waals surface area contributed by atoms with Gasteiger partial charge >= 0.3 is 0 Å². The van der Waals surface area contributed by atoms with E-state index in [1.807, 2.05) is 0 Å². The summed E-state index contributed by atoms with van der Waals surface area (Å²) in [6.07, 6.45) is 5.78. The van der Waals surface area contributed by atoms with Crippen LogP contribution >= 0.6 is 0 Å². The van der Waals surface area contributed by atoms with E-state index >= 15 is 0 Å². The Labute approximate surface area is 145 Å². The number of benzene rings is 1. The van der Waals surface area contributed by atoms with E-state index in [-0.39, 0.29) is 17.9 Å². The van der Waals surface area contributed by atoms with Crippen molar-refractivity contribution in [3.05, 3.63) is 35.4 Å². The second kappa shape index (κ2) is 8.63. The highest BCUT2D eigenvalue weighted by atomic mass is 16.5. The number of quaternary nitrogens is 1. The minimum atomic E-state index is 0.105. The summed E-state index contributed by atoms with van der Waals surface area (Å²) in [5, 5.41) is 3.37. The first kappa shape index (κ1) is 17.4. The standard InChI is InChI=1S/C20H30N2O2/c1-16-7-9-17(10-8-16)19(15-22-11-13-24-14-12-22)21-20(23)18-5-3-2-4-6-18/h7-10,18-19H,2-6,11-15H2,1H3,(H,21,23)/p+1/t19-/m0/s1. The number of ether oxygens (including phenoxy) is 1. The third-order valence-electron chi connectivity index (χ3n) is 5.46. The Balaban J connectivity index is 1.68. The monoisotopic (exact) mass is 331 g/mol. The quantitative estimate of drug-likeness (QED) is 0.861. The zero-order valence-corrected chi connectivity index (χ0v) is 14.9. The number of nitrogens with one attached hydrogen (secondary N) is 2. The first-order chi connectivity index (χ1) is 11.7. The lowest BCUT2D eigenvalue weighted by atomic mass is 9.88. The first-order valence-corrected chi connectivity index (χ1v) is 9.50. The van der Waals surface area contributed by atoms with Crippen molar-refractivity contribution in [3.63, 3.8) is 0 Å². The molecule has 0 aromatic heterocycles. The van der Waals surface area contributed by atoms with Gasteiger partial charge in [-0.1, -0.05) is 49.1 Å². The van der Waals surface area contributed by atoms with Crippen LogP contribution in [0, 0.1) is 12.8 Å². The van der Waals surface area contributed by atoms with E-state index in [2.05, 4.69) is 36.5 Å². The molecule has 1 atom stereocenters. The van der Waals surface area contributed by atoms with Gasteiger partial charge in [0, 0.05) is 5.92 Å². The topological polar surface area (TPSA) is 42.8 Å². The summed E-state index contributed by atoms with van der Waals surface area (Å²) in [5.74, 6) is 0.472. The molecule has 2 N–H and O–H groups in total. The molecular formula is C20H31N2O2+. The van der Waals surface area contributed by atoms with Crippen molar-refractivity contribution < 1.29 is 14.4 Å². The predicted octanol–water partition coefficient (Wildman–Crippen LogP) is 1.65. The average Bonchev–Trinajstić information content (AvgIpc) is 2.63. The average molecular weight is 331 g/mol. The maximum Gasteiger partial charge on any atom is 0.223 e. The number of rotatable bonds is 5. The van der Waals surface area contributed by atoms with Gasteiger partial charge in [-0.25, -0.2) is 0 Å². The molecule has 0 spiro atoms. The highest BCUT2D eigenvalue weighted by Gasteiger charge is 2.27. The maximum atomic E-state index is 12.7. The van der Waals surface area contributed by atoms with Gasteiger partial charge in [0.15, 0.2) is 0 Å². The van der Waals surface area contributed by atoms with E-state index in [4.69, 9.17) is 4.74 Å². The number of hydrogen-bond donors (Lipinski definition) is 2. The molecular weight excluding hydrogens is 300 g/mol. The summed E-state index contributed by atoms with van der Waals surface area (Å²) in [6.45, 7) is 6.76. The van der Waals surface area contributed by atoms with Gasteiger partial charge in [-0.3, -0.25) is 4.79 Å². The van der Waals surface area contributed by atoms with Crippen LogP contribution in [0.15, 0.2) is 24.3 Å². The van der Waals surface area contributed by atoms with E-state index in [9.17, 15) is 4.79 Å². The normalized spacial score (nSPS) is 21.4. The number of aryl methyl sites for hydroxylation is 1. The van der Waals surface area contributed by atoms with Crippen LogP contribution in [0.3, 0.4) is 0 Å². The molecule has 4 nitrogen and oxygen atoms in total. The van der Waals surface area contributed by atoms with Gasteiger partial charge in [-0.2, -0.15) is 0 Å². The van der Waals surface area contributed by atoms with Gasteiger partial charge in [-0.05, 0) is 25.3 Å². The zero-order valence-electron chi connectivity index (χ0n) is 14.9. The van der Waals surface area contributed by atoms with E-state index in [0.717, 1.165) is 45.7 Å². The van der Waals surface area contributed by atoms with Gasteiger partial charge in [0.25, 0.3) is 0 Å². The molecule has 1 amide bonds. The van der Waals surface area contributed by atoms with Crippen LogP contribution in [-0.2, 0) is 9.53 Å². The molecule has 24 heavy (non-hydrogen) atoms. The highest BCUT2D eigenvalue weighted by molar-refractivity contribution is 5.79. The lowest BCUT2D eigenvalue weighted by Gasteiger charge is -2.30. The largest absolute Gasteiger partial charge is 0.370 e. The molecule has 132 valence electrons. The van der Waals surface area contributed by atoms with Gasteiger partial charge in [0.2, 0.25) is 5.91 Å². The van der Waals surface area contributed by atoms with Crippen molar-refractivity contribution >= 4 is 5.91 Å². The molecule has 2 aliphatic rings. The summed E-state index contributed by atoms with van der Waals surface area (Å²) in [4.78, 5) is 14.3. The molecule has 1 saturated carbocycles. The molecule has 1 aromatic carbocycles. The number of morpholine rings is 1. The number of carbonyl (C=O) groups is 1. The van der Waals surface area contributed by atoms with Crippen molar-refractivity contribution in [2.75, 3.05) is 32.8 Å². The van der Waals surface area contributed by atoms with Crippen molar-refractivity contribution in [2.45, 2.75) is 45.1 Å². The van der Waals surface area contributed by atoms with Crippen molar-refractivity contribution in [1.82, 2.24) is 5.32 Å². The smallest absolute Gasteiger partial charge is 0.223 e. The molecule has 1 aliphatic carbocycles. The summed E-state index contributed by atoms with van der Waals surface area (Å²) in [7, 11) is 0. The number of hydrogen-bond acceptors (Lipinski definition) is 2. The Bertz CT molecular complexity index is 517. The first-order valence-electron chi connectivity index (χ1n) is 9.50. The molecule has 2 fully saturated rings. The lowest BCUT2D eigenvalue weighted by molar-refractivity contribution is -0.909. The Morgan fingerprint density at radius 2 is 1.83 bits per heavy atom. The van der Waals surface area contributed by atoms with Crippen LogP contribution in [0.2, 0.25) is 0 Å². The summed E-state index contributed by atoms with van der Waals surface area (Å²) < 4.78 is 5.47. The molecule has 3 rings (SSSR count). The predicted molar refractivity (Wildman–Crippen MR) is 95.0 cm³/mol. The van der Waals surface area contributed by atoms with E-state index in [0.29, 0.717) is 0 Å². The molecule has 0 bridgehead atoms. The van der Waals surface area contributed by atoms with Gasteiger partial charge < -0.3 is 15.0 Å². The van der Waals surface area contributed by atoms with Crippen LogP contribution in [0.5, 0.6) is 0 Å².